The van der Waals surface area contributed by atoms with Gasteiger partial charge in [0.15, 0.2) is 0 Å². The van der Waals surface area contributed by atoms with Gasteiger partial charge in [0.05, 0.1) is 0 Å². The van der Waals surface area contributed by atoms with Gasteiger partial charge in [-0.15, -0.1) is 0 Å². The van der Waals surface area contributed by atoms with E-state index in [2.05, 4.69) is 0 Å². The van der Waals surface area contributed by atoms with E-state index in [0.29, 0.717) is 6.04 Å². The Bertz CT molecular complexity index is 361. The van der Waals surface area contributed by atoms with Crippen LogP contribution in [0.4, 0.5) is 0 Å². The molecule has 0 aliphatic heterocycles. The highest BCUT2D eigenvalue weighted by molar-refractivity contribution is 5.08. The topological polar surface area (TPSA) is 22.0 Å². The molecule has 76 valence electrons. The van der Waals surface area contributed by atoms with Gasteiger partial charge in [-0.2, -0.15) is 0 Å². The first-order chi connectivity index (χ1) is 6.77. The summed E-state index contributed by atoms with van der Waals surface area (Å²) in [5.41, 5.74) is 1.33. The second-order valence-corrected chi connectivity index (χ2v) is 4.24. The van der Waals surface area contributed by atoms with Crippen LogP contribution in [0.3, 0.4) is 0 Å². The van der Waals surface area contributed by atoms with Crippen LogP contribution in [0.5, 0.6) is 0 Å². The quantitative estimate of drug-likeness (QED) is 0.669. The zero-order valence-electron chi connectivity index (χ0n) is 8.70. The monoisotopic (exact) mass is 191 g/mol. The largest absolute Gasteiger partial charge is 0.312 e. The van der Waals surface area contributed by atoms with Crippen LogP contribution in [-0.2, 0) is 0 Å². The third kappa shape index (κ3) is 1.89. The van der Waals surface area contributed by atoms with Crippen LogP contribution in [0.15, 0.2) is 23.1 Å². The molecular formula is C12H17NO. The lowest BCUT2D eigenvalue weighted by Crippen LogP contribution is -2.25. The lowest BCUT2D eigenvalue weighted by molar-refractivity contribution is 0.346. The van der Waals surface area contributed by atoms with Crippen LogP contribution in [0, 0.1) is 6.92 Å². The summed E-state index contributed by atoms with van der Waals surface area (Å²) in [6.45, 7) is 2.04. The molecule has 0 N–H and O–H groups in total. The Kier molecular flexibility index (Phi) is 2.71. The van der Waals surface area contributed by atoms with Crippen LogP contribution in [0.2, 0.25) is 0 Å². The summed E-state index contributed by atoms with van der Waals surface area (Å²) in [5, 5.41) is 0. The molecule has 2 heteroatoms. The molecular weight excluding hydrogens is 174 g/mol. The first kappa shape index (κ1) is 9.50. The maximum absolute atomic E-state index is 11.6. The lowest BCUT2D eigenvalue weighted by atomic mass is 9.95. The van der Waals surface area contributed by atoms with Gasteiger partial charge >= 0.3 is 0 Å². The van der Waals surface area contributed by atoms with Gasteiger partial charge in [0.25, 0.3) is 5.56 Å². The van der Waals surface area contributed by atoms with E-state index in [4.69, 9.17) is 0 Å². The predicted molar refractivity (Wildman–Crippen MR) is 57.6 cm³/mol. The fourth-order valence-electron chi connectivity index (χ4n) is 2.26. The number of rotatable bonds is 1. The fraction of sp³-hybridized carbons (Fsp3) is 0.583. The van der Waals surface area contributed by atoms with Gasteiger partial charge in [-0.25, -0.2) is 0 Å². The maximum Gasteiger partial charge on any atom is 0.250 e. The van der Waals surface area contributed by atoms with Crippen molar-refractivity contribution in [1.29, 1.82) is 0 Å². The molecule has 0 spiro atoms. The van der Waals surface area contributed by atoms with Gasteiger partial charge in [0.2, 0.25) is 0 Å². The molecule has 1 aliphatic rings. The summed E-state index contributed by atoms with van der Waals surface area (Å²) >= 11 is 0. The van der Waals surface area contributed by atoms with E-state index in [1.54, 1.807) is 6.07 Å². The lowest BCUT2D eigenvalue weighted by Gasteiger charge is -2.24. The van der Waals surface area contributed by atoms with Crippen molar-refractivity contribution in [1.82, 2.24) is 4.57 Å². The average Bonchev–Trinajstić information content (AvgIpc) is 2.23. The van der Waals surface area contributed by atoms with Crippen molar-refractivity contribution in [3.8, 4) is 0 Å². The molecule has 1 heterocycles. The summed E-state index contributed by atoms with van der Waals surface area (Å²) in [7, 11) is 0. The van der Waals surface area contributed by atoms with Crippen molar-refractivity contribution >= 4 is 0 Å². The molecule has 0 bridgehead atoms. The molecule has 1 aliphatic carbocycles. The normalized spacial score (nSPS) is 18.4. The van der Waals surface area contributed by atoms with E-state index < -0.39 is 0 Å². The molecule has 1 saturated carbocycles. The summed E-state index contributed by atoms with van der Waals surface area (Å²) < 4.78 is 1.93. The zero-order valence-corrected chi connectivity index (χ0v) is 8.70. The Morgan fingerprint density at radius 1 is 1.21 bits per heavy atom. The smallest absolute Gasteiger partial charge is 0.250 e. The number of nitrogens with zero attached hydrogens (tertiary/aromatic N) is 1. The Balaban J connectivity index is 2.29. The van der Waals surface area contributed by atoms with Gasteiger partial charge in [-0.3, -0.25) is 4.79 Å². The zero-order chi connectivity index (χ0) is 9.97. The molecule has 1 aromatic rings. The predicted octanol–water partition coefficient (Wildman–Crippen LogP) is 2.66. The van der Waals surface area contributed by atoms with E-state index in [0.717, 1.165) is 0 Å². The highest BCUT2D eigenvalue weighted by Crippen LogP contribution is 2.26. The Hall–Kier alpha value is -1.05. The first-order valence-electron chi connectivity index (χ1n) is 5.46. The van der Waals surface area contributed by atoms with Crippen molar-refractivity contribution in [3.63, 3.8) is 0 Å². The minimum Gasteiger partial charge on any atom is -0.312 e. The van der Waals surface area contributed by atoms with Gasteiger partial charge in [0, 0.05) is 18.3 Å². The number of hydrogen-bond acceptors (Lipinski definition) is 1. The number of pyridine rings is 1. The van der Waals surface area contributed by atoms with Gasteiger partial charge in [-0.1, -0.05) is 25.3 Å². The van der Waals surface area contributed by atoms with Crippen LogP contribution in [0.1, 0.15) is 43.7 Å². The first-order valence-corrected chi connectivity index (χ1v) is 5.46. The molecule has 2 nitrogen and oxygen atoms in total. The molecule has 14 heavy (non-hydrogen) atoms. The Morgan fingerprint density at radius 2 is 1.93 bits per heavy atom. The molecule has 0 aromatic carbocycles. The number of hydrogen-bond donors (Lipinski definition) is 0. The molecule has 2 rings (SSSR count). The third-order valence-corrected chi connectivity index (χ3v) is 3.05. The van der Waals surface area contributed by atoms with E-state index in [9.17, 15) is 4.79 Å². The number of aryl methyl sites for hydroxylation is 1. The van der Waals surface area contributed by atoms with E-state index in [1.807, 2.05) is 23.8 Å². The molecule has 0 unspecified atom stereocenters. The van der Waals surface area contributed by atoms with Gasteiger partial charge in [0.1, 0.15) is 0 Å². The highest BCUT2D eigenvalue weighted by atomic mass is 16.1. The summed E-state index contributed by atoms with van der Waals surface area (Å²) in [4.78, 5) is 11.6. The van der Waals surface area contributed by atoms with E-state index in [-0.39, 0.29) is 5.56 Å². The van der Waals surface area contributed by atoms with Crippen LogP contribution >= 0.6 is 0 Å². The summed E-state index contributed by atoms with van der Waals surface area (Å²) in [6.07, 6.45) is 8.21. The molecule has 0 amide bonds. The summed E-state index contributed by atoms with van der Waals surface area (Å²) in [6, 6.07) is 4.03. The molecule has 0 atom stereocenters. The van der Waals surface area contributed by atoms with Crippen LogP contribution < -0.4 is 5.56 Å². The maximum atomic E-state index is 11.6. The molecule has 1 aromatic heterocycles. The minimum atomic E-state index is 0.155. The van der Waals surface area contributed by atoms with Crippen LogP contribution in [0.25, 0.3) is 0 Å². The Labute approximate surface area is 84.6 Å². The minimum absolute atomic E-state index is 0.155. The average molecular weight is 191 g/mol. The standard InChI is InChI=1S/C12H17NO/c1-10-7-8-12(14)13(9-10)11-5-3-2-4-6-11/h7-9,11H,2-6H2,1H3. The second kappa shape index (κ2) is 3.99. The highest BCUT2D eigenvalue weighted by Gasteiger charge is 2.15. The third-order valence-electron chi connectivity index (χ3n) is 3.05. The van der Waals surface area contributed by atoms with Crippen molar-refractivity contribution in [2.24, 2.45) is 0 Å². The fourth-order valence-corrected chi connectivity index (χ4v) is 2.26. The SMILES string of the molecule is Cc1ccc(=O)n(C2CCCCC2)c1. The van der Waals surface area contributed by atoms with E-state index >= 15 is 0 Å². The van der Waals surface area contributed by atoms with Crippen molar-refractivity contribution in [2.45, 2.75) is 45.1 Å². The summed E-state index contributed by atoms with van der Waals surface area (Å²) in [5.74, 6) is 0. The Morgan fingerprint density at radius 3 is 2.64 bits per heavy atom. The van der Waals surface area contributed by atoms with E-state index in [1.165, 1.54) is 37.7 Å². The molecule has 0 saturated heterocycles. The van der Waals surface area contributed by atoms with Crippen molar-refractivity contribution in [2.75, 3.05) is 0 Å². The van der Waals surface area contributed by atoms with Gasteiger partial charge < -0.3 is 4.57 Å². The van der Waals surface area contributed by atoms with Crippen molar-refractivity contribution in [3.05, 3.63) is 34.2 Å². The second-order valence-electron chi connectivity index (χ2n) is 4.24. The van der Waals surface area contributed by atoms with Crippen molar-refractivity contribution < 1.29 is 0 Å². The molecule has 0 radical (unpaired) electrons. The number of aromatic nitrogens is 1. The van der Waals surface area contributed by atoms with Crippen LogP contribution in [-0.4, -0.2) is 4.57 Å². The molecule has 1 fully saturated rings. The van der Waals surface area contributed by atoms with Gasteiger partial charge in [-0.05, 0) is 25.3 Å².